The highest BCUT2D eigenvalue weighted by Gasteiger charge is 2.20. The molecule has 0 amide bonds. The summed E-state index contributed by atoms with van der Waals surface area (Å²) < 4.78 is 18.0. The van der Waals surface area contributed by atoms with Crippen LogP contribution in [-0.4, -0.2) is 16.2 Å². The van der Waals surface area contributed by atoms with Gasteiger partial charge >= 0.3 is 0 Å². The molecule has 5 heteroatoms. The Morgan fingerprint density at radius 2 is 2.00 bits per heavy atom. The lowest BCUT2D eigenvalue weighted by atomic mass is 10.0. The van der Waals surface area contributed by atoms with Crippen LogP contribution >= 0.6 is 0 Å². The predicted molar refractivity (Wildman–Crippen MR) is 66.4 cm³/mol. The first-order valence-corrected chi connectivity index (χ1v) is 5.97. The number of aromatic nitrogens is 2. The number of rotatable bonds is 4. The predicted octanol–water partition coefficient (Wildman–Crippen LogP) is 2.72. The highest BCUT2D eigenvalue weighted by Crippen LogP contribution is 2.22. The van der Waals surface area contributed by atoms with E-state index in [2.05, 4.69) is 10.1 Å². The Kier molecular flexibility index (Phi) is 3.72. The van der Waals surface area contributed by atoms with Crippen LogP contribution < -0.4 is 5.73 Å². The first-order valence-electron chi connectivity index (χ1n) is 5.97. The third kappa shape index (κ3) is 2.56. The molecule has 0 aliphatic carbocycles. The van der Waals surface area contributed by atoms with Crippen LogP contribution in [0.3, 0.4) is 0 Å². The van der Waals surface area contributed by atoms with Gasteiger partial charge in [0.05, 0.1) is 5.92 Å². The molecule has 0 fully saturated rings. The second-order valence-electron chi connectivity index (χ2n) is 4.32. The maximum atomic E-state index is 12.8. The molecule has 18 heavy (non-hydrogen) atoms. The van der Waals surface area contributed by atoms with E-state index >= 15 is 0 Å². The fourth-order valence-electron chi connectivity index (χ4n) is 1.67. The summed E-state index contributed by atoms with van der Waals surface area (Å²) in [5.74, 6) is 0.698. The first kappa shape index (κ1) is 12.7. The Bertz CT molecular complexity index is 509. The van der Waals surface area contributed by atoms with Gasteiger partial charge in [-0.05, 0) is 30.7 Å². The molecular formula is C13H16FN3O. The highest BCUT2D eigenvalue weighted by molar-refractivity contribution is 5.53. The van der Waals surface area contributed by atoms with E-state index in [-0.39, 0.29) is 17.8 Å². The Morgan fingerprint density at radius 3 is 2.61 bits per heavy atom. The van der Waals surface area contributed by atoms with Crippen molar-refractivity contribution >= 4 is 0 Å². The van der Waals surface area contributed by atoms with Crippen LogP contribution in [0.2, 0.25) is 0 Å². The molecule has 0 bridgehead atoms. The van der Waals surface area contributed by atoms with Crippen LogP contribution in [0, 0.1) is 5.82 Å². The summed E-state index contributed by atoms with van der Waals surface area (Å²) in [4.78, 5) is 4.30. The van der Waals surface area contributed by atoms with Crippen LogP contribution in [0.4, 0.5) is 4.39 Å². The molecule has 0 saturated heterocycles. The largest absolute Gasteiger partial charge is 0.339 e. The zero-order chi connectivity index (χ0) is 13.1. The van der Waals surface area contributed by atoms with Gasteiger partial charge < -0.3 is 10.3 Å². The molecular weight excluding hydrogens is 233 g/mol. The summed E-state index contributed by atoms with van der Waals surface area (Å²) in [6.45, 7) is 3.97. The fraction of sp³-hybridized carbons (Fsp3) is 0.385. The van der Waals surface area contributed by atoms with Gasteiger partial charge in [-0.3, -0.25) is 0 Å². The van der Waals surface area contributed by atoms with Crippen molar-refractivity contribution in [1.82, 2.24) is 10.1 Å². The van der Waals surface area contributed by atoms with E-state index < -0.39 is 0 Å². The number of nitrogens with zero attached hydrogens (tertiary/aromatic N) is 2. The van der Waals surface area contributed by atoms with Crippen molar-refractivity contribution in [3.8, 4) is 11.4 Å². The molecule has 0 aliphatic rings. The van der Waals surface area contributed by atoms with E-state index in [4.69, 9.17) is 10.3 Å². The second-order valence-corrected chi connectivity index (χ2v) is 4.32. The molecule has 0 radical (unpaired) electrons. The van der Waals surface area contributed by atoms with Gasteiger partial charge in [-0.2, -0.15) is 4.98 Å². The first-order chi connectivity index (χ1) is 8.61. The van der Waals surface area contributed by atoms with Crippen molar-refractivity contribution in [2.45, 2.75) is 32.2 Å². The summed E-state index contributed by atoms with van der Waals surface area (Å²) in [6, 6.07) is 5.97. The number of benzene rings is 1. The number of hydrogen-bond donors (Lipinski definition) is 1. The Labute approximate surface area is 105 Å². The summed E-state index contributed by atoms with van der Waals surface area (Å²) in [5.41, 5.74) is 6.66. The lowest BCUT2D eigenvalue weighted by Crippen LogP contribution is -2.25. The molecule has 1 aromatic heterocycles. The molecule has 2 atom stereocenters. The Morgan fingerprint density at radius 1 is 1.33 bits per heavy atom. The Hall–Kier alpha value is -1.75. The van der Waals surface area contributed by atoms with Crippen LogP contribution in [0.1, 0.15) is 32.1 Å². The molecule has 4 nitrogen and oxygen atoms in total. The topological polar surface area (TPSA) is 64.9 Å². The maximum Gasteiger partial charge on any atom is 0.231 e. The van der Waals surface area contributed by atoms with Gasteiger partial charge in [0.15, 0.2) is 0 Å². The van der Waals surface area contributed by atoms with Crippen molar-refractivity contribution in [3.05, 3.63) is 36.0 Å². The fourth-order valence-corrected chi connectivity index (χ4v) is 1.67. The third-order valence-corrected chi connectivity index (χ3v) is 3.05. The third-order valence-electron chi connectivity index (χ3n) is 3.05. The van der Waals surface area contributed by atoms with Crippen LogP contribution in [-0.2, 0) is 0 Å². The van der Waals surface area contributed by atoms with Crippen LogP contribution in [0.5, 0.6) is 0 Å². The van der Waals surface area contributed by atoms with E-state index in [1.165, 1.54) is 12.1 Å². The summed E-state index contributed by atoms with van der Waals surface area (Å²) in [6.07, 6.45) is 0.843. The minimum Gasteiger partial charge on any atom is -0.339 e. The zero-order valence-corrected chi connectivity index (χ0v) is 10.4. The van der Waals surface area contributed by atoms with E-state index in [0.29, 0.717) is 11.7 Å². The average molecular weight is 249 g/mol. The van der Waals surface area contributed by atoms with E-state index in [0.717, 1.165) is 12.0 Å². The van der Waals surface area contributed by atoms with Crippen LogP contribution in [0.15, 0.2) is 28.8 Å². The SMILES string of the molecule is CCC(N)C(C)c1nc(-c2ccc(F)cc2)no1. The molecule has 0 saturated carbocycles. The van der Waals surface area contributed by atoms with Gasteiger partial charge in [-0.15, -0.1) is 0 Å². The van der Waals surface area contributed by atoms with Crippen molar-refractivity contribution in [2.24, 2.45) is 5.73 Å². The molecule has 0 spiro atoms. The maximum absolute atomic E-state index is 12.8. The smallest absolute Gasteiger partial charge is 0.231 e. The van der Waals surface area contributed by atoms with Gasteiger partial charge in [-0.25, -0.2) is 4.39 Å². The molecule has 2 rings (SSSR count). The summed E-state index contributed by atoms with van der Waals surface area (Å²) >= 11 is 0. The van der Waals surface area contributed by atoms with Crippen molar-refractivity contribution in [1.29, 1.82) is 0 Å². The molecule has 96 valence electrons. The minimum absolute atomic E-state index is 0.00785. The van der Waals surface area contributed by atoms with Gasteiger partial charge in [0.25, 0.3) is 0 Å². The molecule has 1 aromatic carbocycles. The molecule has 1 heterocycles. The van der Waals surface area contributed by atoms with Gasteiger partial charge in [0, 0.05) is 11.6 Å². The number of hydrogen-bond acceptors (Lipinski definition) is 4. The average Bonchev–Trinajstić information content (AvgIpc) is 2.87. The summed E-state index contributed by atoms with van der Waals surface area (Å²) in [5, 5.41) is 3.89. The molecule has 2 unspecified atom stereocenters. The van der Waals surface area contributed by atoms with Crippen molar-refractivity contribution in [3.63, 3.8) is 0 Å². The van der Waals surface area contributed by atoms with E-state index in [1.54, 1.807) is 12.1 Å². The van der Waals surface area contributed by atoms with E-state index in [9.17, 15) is 4.39 Å². The Balaban J connectivity index is 2.22. The monoisotopic (exact) mass is 249 g/mol. The molecule has 2 aromatic rings. The molecule has 0 aliphatic heterocycles. The highest BCUT2D eigenvalue weighted by atomic mass is 19.1. The van der Waals surface area contributed by atoms with Crippen LogP contribution in [0.25, 0.3) is 11.4 Å². The van der Waals surface area contributed by atoms with Crippen molar-refractivity contribution in [2.75, 3.05) is 0 Å². The number of nitrogens with two attached hydrogens (primary N) is 1. The van der Waals surface area contributed by atoms with Gasteiger partial charge in [0.2, 0.25) is 11.7 Å². The zero-order valence-electron chi connectivity index (χ0n) is 10.4. The summed E-state index contributed by atoms with van der Waals surface area (Å²) in [7, 11) is 0. The normalized spacial score (nSPS) is 14.4. The van der Waals surface area contributed by atoms with Crippen molar-refractivity contribution < 1.29 is 8.91 Å². The lowest BCUT2D eigenvalue weighted by Gasteiger charge is -2.13. The van der Waals surface area contributed by atoms with Gasteiger partial charge in [0.1, 0.15) is 5.82 Å². The van der Waals surface area contributed by atoms with Gasteiger partial charge in [-0.1, -0.05) is 19.0 Å². The second kappa shape index (κ2) is 5.27. The quantitative estimate of drug-likeness (QED) is 0.904. The molecule has 2 N–H and O–H groups in total. The standard InChI is InChI=1S/C13H16FN3O/c1-3-11(15)8(2)13-16-12(17-18-13)9-4-6-10(14)7-5-9/h4-8,11H,3,15H2,1-2H3. The van der Waals surface area contributed by atoms with E-state index in [1.807, 2.05) is 13.8 Å². The minimum atomic E-state index is -0.288. The lowest BCUT2D eigenvalue weighted by molar-refractivity contribution is 0.340. The number of halogens is 1.